The van der Waals surface area contributed by atoms with Crippen molar-refractivity contribution in [3.05, 3.63) is 82.2 Å². The summed E-state index contributed by atoms with van der Waals surface area (Å²) < 4.78 is 12.0. The number of nitrogens with one attached hydrogen (secondary N) is 1. The van der Waals surface area contributed by atoms with Gasteiger partial charge in [0, 0.05) is 58.0 Å². The molecule has 10 nitrogen and oxygen atoms in total. The van der Waals surface area contributed by atoms with Crippen molar-refractivity contribution >= 4 is 35.3 Å². The molecular formula is C31H39ClN6O4. The van der Waals surface area contributed by atoms with E-state index in [0.29, 0.717) is 11.4 Å². The summed E-state index contributed by atoms with van der Waals surface area (Å²) in [6, 6.07) is 9.38. The number of carbonyl (C=O) groups excluding carboxylic acids is 2. The number of benzene rings is 1. The SMILES string of the molecule is CC(C)OC(=O)N1CCN(C)CC1.COCC(=O)N[C@H](C1=Cc2cccnc2Cc2ccc(Cl)cc21)c1cncn1C. The Morgan fingerprint density at radius 1 is 1.12 bits per heavy atom. The number of fused-ring (bicyclic) bond motifs is 2. The van der Waals surface area contributed by atoms with Crippen LogP contribution in [0.4, 0.5) is 4.79 Å². The van der Waals surface area contributed by atoms with Crippen molar-refractivity contribution in [1.29, 1.82) is 0 Å². The molecule has 2 amide bonds. The van der Waals surface area contributed by atoms with Crippen molar-refractivity contribution in [2.75, 3.05) is 46.9 Å². The van der Waals surface area contributed by atoms with Crippen LogP contribution in [0.3, 0.4) is 0 Å². The van der Waals surface area contributed by atoms with Gasteiger partial charge in [-0.1, -0.05) is 23.7 Å². The van der Waals surface area contributed by atoms with Gasteiger partial charge in [-0.3, -0.25) is 9.78 Å². The van der Waals surface area contributed by atoms with Crippen molar-refractivity contribution in [3.63, 3.8) is 0 Å². The molecule has 1 N–H and O–H groups in total. The molecule has 1 atom stereocenters. The van der Waals surface area contributed by atoms with Gasteiger partial charge in [0.2, 0.25) is 5.91 Å². The van der Waals surface area contributed by atoms with Crippen molar-refractivity contribution in [3.8, 4) is 0 Å². The zero-order valence-corrected chi connectivity index (χ0v) is 25.6. The molecule has 0 spiro atoms. The van der Waals surface area contributed by atoms with Gasteiger partial charge in [-0.2, -0.15) is 0 Å². The van der Waals surface area contributed by atoms with Crippen LogP contribution >= 0.6 is 11.6 Å². The Bertz CT molecular complexity index is 1410. The number of aryl methyl sites for hydroxylation is 1. The molecule has 11 heteroatoms. The number of methoxy groups -OCH3 is 1. The largest absolute Gasteiger partial charge is 0.447 e. The van der Waals surface area contributed by atoms with E-state index in [1.54, 1.807) is 23.6 Å². The van der Waals surface area contributed by atoms with E-state index in [1.165, 1.54) is 7.11 Å². The molecule has 5 rings (SSSR count). The summed E-state index contributed by atoms with van der Waals surface area (Å²) in [5.41, 5.74) is 5.88. The number of imidazole rings is 1. The van der Waals surface area contributed by atoms with Crippen LogP contribution in [0.15, 0.2) is 49.1 Å². The number of halogens is 1. The first kappa shape index (κ1) is 31.2. The number of hydrogen-bond acceptors (Lipinski definition) is 7. The molecule has 3 heterocycles. The molecule has 3 aromatic rings. The summed E-state index contributed by atoms with van der Waals surface area (Å²) in [4.78, 5) is 36.7. The van der Waals surface area contributed by atoms with Crippen LogP contribution in [0, 0.1) is 0 Å². The molecule has 0 unspecified atom stereocenters. The molecule has 2 aliphatic rings. The fraction of sp³-hybridized carbons (Fsp3) is 0.419. The number of carbonyl (C=O) groups is 2. The second-order valence-electron chi connectivity index (χ2n) is 10.7. The highest BCUT2D eigenvalue weighted by atomic mass is 35.5. The van der Waals surface area contributed by atoms with E-state index in [-0.39, 0.29) is 24.7 Å². The maximum atomic E-state index is 12.5. The highest BCUT2D eigenvalue weighted by Crippen LogP contribution is 2.38. The highest BCUT2D eigenvalue weighted by molar-refractivity contribution is 6.30. The Balaban J connectivity index is 0.000000262. The fourth-order valence-electron chi connectivity index (χ4n) is 4.92. The minimum atomic E-state index is -0.423. The molecule has 1 aliphatic heterocycles. The quantitative estimate of drug-likeness (QED) is 0.456. The normalized spacial score (nSPS) is 15.4. The summed E-state index contributed by atoms with van der Waals surface area (Å²) in [5.74, 6) is -0.209. The van der Waals surface area contributed by atoms with E-state index in [1.807, 2.05) is 55.8 Å². The maximum Gasteiger partial charge on any atom is 0.410 e. The fourth-order valence-corrected chi connectivity index (χ4v) is 5.09. The lowest BCUT2D eigenvalue weighted by atomic mass is 9.92. The lowest BCUT2D eigenvalue weighted by Gasteiger charge is -2.32. The molecule has 2 aromatic heterocycles. The average molecular weight is 595 g/mol. The number of hydrogen-bond donors (Lipinski definition) is 1. The minimum Gasteiger partial charge on any atom is -0.447 e. The van der Waals surface area contributed by atoms with E-state index in [0.717, 1.165) is 59.8 Å². The molecule has 224 valence electrons. The van der Waals surface area contributed by atoms with Gasteiger partial charge < -0.3 is 29.2 Å². The molecule has 1 fully saturated rings. The lowest BCUT2D eigenvalue weighted by Crippen LogP contribution is -2.47. The third-order valence-electron chi connectivity index (χ3n) is 7.12. The van der Waals surface area contributed by atoms with Gasteiger partial charge >= 0.3 is 6.09 Å². The Morgan fingerprint density at radius 2 is 1.88 bits per heavy atom. The smallest absolute Gasteiger partial charge is 0.410 e. The Labute approximate surface area is 252 Å². The van der Waals surface area contributed by atoms with Crippen molar-refractivity contribution in [1.82, 2.24) is 29.7 Å². The first-order valence-electron chi connectivity index (χ1n) is 14.0. The summed E-state index contributed by atoms with van der Waals surface area (Å²) in [5, 5.41) is 3.73. The van der Waals surface area contributed by atoms with Gasteiger partial charge in [0.25, 0.3) is 0 Å². The summed E-state index contributed by atoms with van der Waals surface area (Å²) in [6.45, 7) is 7.15. The van der Waals surface area contributed by atoms with Gasteiger partial charge in [0.15, 0.2) is 0 Å². The number of likely N-dealkylation sites (N-methyl/N-ethyl adjacent to an activating group) is 1. The van der Waals surface area contributed by atoms with E-state index in [4.69, 9.17) is 21.1 Å². The third-order valence-corrected chi connectivity index (χ3v) is 7.35. The number of nitrogens with zero attached hydrogens (tertiary/aromatic N) is 5. The number of piperazine rings is 1. The number of aromatic nitrogens is 3. The summed E-state index contributed by atoms with van der Waals surface area (Å²) in [7, 11) is 5.47. The van der Waals surface area contributed by atoms with Gasteiger partial charge in [-0.15, -0.1) is 0 Å². The van der Waals surface area contributed by atoms with Crippen molar-refractivity contribution in [2.45, 2.75) is 32.4 Å². The van der Waals surface area contributed by atoms with Crippen LogP contribution in [0.25, 0.3) is 11.6 Å². The molecule has 1 aromatic carbocycles. The molecule has 1 aliphatic carbocycles. The van der Waals surface area contributed by atoms with E-state index in [9.17, 15) is 9.59 Å². The van der Waals surface area contributed by atoms with Crippen LogP contribution in [0.1, 0.15) is 48.0 Å². The highest BCUT2D eigenvalue weighted by Gasteiger charge is 2.27. The van der Waals surface area contributed by atoms with Gasteiger partial charge in [-0.25, -0.2) is 9.78 Å². The maximum absolute atomic E-state index is 12.5. The predicted molar refractivity (Wildman–Crippen MR) is 163 cm³/mol. The van der Waals surface area contributed by atoms with Crippen LogP contribution in [0.5, 0.6) is 0 Å². The number of rotatable bonds is 6. The van der Waals surface area contributed by atoms with Gasteiger partial charge in [0.05, 0.1) is 36.1 Å². The summed E-state index contributed by atoms with van der Waals surface area (Å²) in [6.07, 6.45) is 7.85. The minimum absolute atomic E-state index is 0.0212. The average Bonchev–Trinajstić information content (AvgIpc) is 3.30. The first-order chi connectivity index (χ1) is 20.2. The topological polar surface area (TPSA) is 102 Å². The second kappa shape index (κ2) is 14.4. The molecule has 1 saturated heterocycles. The monoisotopic (exact) mass is 594 g/mol. The van der Waals surface area contributed by atoms with Gasteiger partial charge in [-0.05, 0) is 67.4 Å². The molecule has 0 radical (unpaired) electrons. The zero-order valence-electron chi connectivity index (χ0n) is 24.8. The zero-order chi connectivity index (χ0) is 30.2. The lowest BCUT2D eigenvalue weighted by molar-refractivity contribution is -0.125. The van der Waals surface area contributed by atoms with Crippen LogP contribution in [0.2, 0.25) is 5.02 Å². The molecular weight excluding hydrogens is 556 g/mol. The Morgan fingerprint density at radius 3 is 2.55 bits per heavy atom. The molecule has 42 heavy (non-hydrogen) atoms. The predicted octanol–water partition coefficient (Wildman–Crippen LogP) is 4.20. The summed E-state index contributed by atoms with van der Waals surface area (Å²) >= 11 is 6.36. The Kier molecular flexibility index (Phi) is 10.7. The van der Waals surface area contributed by atoms with E-state index >= 15 is 0 Å². The van der Waals surface area contributed by atoms with Gasteiger partial charge in [0.1, 0.15) is 6.61 Å². The van der Waals surface area contributed by atoms with E-state index < -0.39 is 6.04 Å². The number of amides is 2. The standard InChI is InChI=1S/C22H21ClN4O2.C9H18N2O2/c1-27-13-24-11-20(27)22(26-21(28)12-29-2)18-8-15-4-3-7-25-19(15)9-14-5-6-16(23)10-17(14)18;1-8(2)13-9(12)11-6-4-10(3)5-7-11/h3-8,10-11,13,22H,9,12H2,1-2H3,(H,26,28);8H,4-7H2,1-3H3/t22-;/m1./s1. The second-order valence-corrected chi connectivity index (χ2v) is 11.1. The first-order valence-corrected chi connectivity index (χ1v) is 14.4. The Hall–Kier alpha value is -3.73. The molecule has 0 saturated carbocycles. The van der Waals surface area contributed by atoms with Crippen LogP contribution < -0.4 is 5.32 Å². The van der Waals surface area contributed by atoms with Crippen LogP contribution in [-0.4, -0.2) is 89.4 Å². The van der Waals surface area contributed by atoms with Crippen LogP contribution in [-0.2, 0) is 27.7 Å². The number of ether oxygens (including phenoxy) is 2. The number of pyridine rings is 1. The molecule has 0 bridgehead atoms. The third kappa shape index (κ3) is 7.96. The van der Waals surface area contributed by atoms with Crippen molar-refractivity contribution in [2.24, 2.45) is 7.05 Å². The van der Waals surface area contributed by atoms with Crippen molar-refractivity contribution < 1.29 is 19.1 Å². The van der Waals surface area contributed by atoms with E-state index in [2.05, 4.69) is 33.3 Å².